The minimum atomic E-state index is -3.80. The van der Waals surface area contributed by atoms with Crippen LogP contribution in [0.3, 0.4) is 0 Å². The molecule has 2 N–H and O–H groups in total. The molecule has 8 nitrogen and oxygen atoms in total. The predicted octanol–water partition coefficient (Wildman–Crippen LogP) is 2.53. The molecule has 0 unspecified atom stereocenters. The van der Waals surface area contributed by atoms with Gasteiger partial charge in [-0.3, -0.25) is 4.72 Å². The summed E-state index contributed by atoms with van der Waals surface area (Å²) in [5.41, 5.74) is 2.60. The molecule has 132 valence electrons. The van der Waals surface area contributed by atoms with E-state index in [-0.39, 0.29) is 5.03 Å². The van der Waals surface area contributed by atoms with E-state index in [1.165, 1.54) is 19.6 Å². The summed E-state index contributed by atoms with van der Waals surface area (Å²) in [4.78, 5) is 10.9. The van der Waals surface area contributed by atoms with E-state index in [0.717, 1.165) is 16.9 Å². The largest absolute Gasteiger partial charge is 0.495 e. The van der Waals surface area contributed by atoms with Gasteiger partial charge < -0.3 is 14.1 Å². The third-order valence-electron chi connectivity index (χ3n) is 3.87. The maximum atomic E-state index is 12.5. The summed E-state index contributed by atoms with van der Waals surface area (Å²) in [7, 11) is -2.32. The quantitative estimate of drug-likeness (QED) is 0.563. The molecule has 4 rings (SSSR count). The Morgan fingerprint density at radius 2 is 2.12 bits per heavy atom. The van der Waals surface area contributed by atoms with Crippen molar-refractivity contribution in [3.05, 3.63) is 61.3 Å². The number of hydrogen-bond donors (Lipinski definition) is 2. The van der Waals surface area contributed by atoms with Gasteiger partial charge in [0.25, 0.3) is 10.0 Å². The van der Waals surface area contributed by atoms with Gasteiger partial charge in [-0.1, -0.05) is 6.07 Å². The predicted molar refractivity (Wildman–Crippen MR) is 96.6 cm³/mol. The molecular weight excluding hydrogens is 354 g/mol. The number of hydrogen-bond acceptors (Lipinski definition) is 5. The highest BCUT2D eigenvalue weighted by Gasteiger charge is 2.19. The summed E-state index contributed by atoms with van der Waals surface area (Å²) in [5.74, 6) is 0.403. The first-order chi connectivity index (χ1) is 12.6. The van der Waals surface area contributed by atoms with Gasteiger partial charge in [0.05, 0.1) is 31.0 Å². The molecule has 0 amide bonds. The van der Waals surface area contributed by atoms with Crippen molar-refractivity contribution >= 4 is 21.4 Å². The van der Waals surface area contributed by atoms with E-state index in [4.69, 9.17) is 4.74 Å². The smallest absolute Gasteiger partial charge is 0.279 e. The fourth-order valence-corrected chi connectivity index (χ4v) is 3.58. The number of rotatable bonds is 5. The van der Waals surface area contributed by atoms with Crippen molar-refractivity contribution in [2.24, 2.45) is 0 Å². The number of methoxy groups -OCH3 is 1. The Hall–Kier alpha value is -3.33. The van der Waals surface area contributed by atoms with Crippen LogP contribution in [0.2, 0.25) is 0 Å². The number of ether oxygens (including phenoxy) is 1. The number of aromatic amines is 1. The van der Waals surface area contributed by atoms with Crippen LogP contribution < -0.4 is 9.46 Å². The highest BCUT2D eigenvalue weighted by atomic mass is 32.2. The van der Waals surface area contributed by atoms with E-state index in [1.54, 1.807) is 12.1 Å². The van der Waals surface area contributed by atoms with Gasteiger partial charge in [0, 0.05) is 18.0 Å². The molecule has 26 heavy (non-hydrogen) atoms. The summed E-state index contributed by atoms with van der Waals surface area (Å²) in [6.07, 6.45) is 6.32. The number of pyridine rings is 1. The molecule has 0 saturated heterocycles. The summed E-state index contributed by atoms with van der Waals surface area (Å²) in [5, 5.41) is -0.0299. The number of imidazole rings is 2. The molecule has 0 spiro atoms. The Kier molecular flexibility index (Phi) is 3.85. The van der Waals surface area contributed by atoms with Gasteiger partial charge in [-0.25, -0.2) is 9.97 Å². The van der Waals surface area contributed by atoms with Crippen LogP contribution in [0.1, 0.15) is 0 Å². The van der Waals surface area contributed by atoms with E-state index in [1.807, 2.05) is 41.1 Å². The number of sulfonamides is 1. The van der Waals surface area contributed by atoms with Crippen molar-refractivity contribution in [2.45, 2.75) is 5.03 Å². The zero-order valence-electron chi connectivity index (χ0n) is 13.7. The minimum Gasteiger partial charge on any atom is -0.495 e. The normalized spacial score (nSPS) is 11.6. The lowest BCUT2D eigenvalue weighted by Gasteiger charge is -2.12. The van der Waals surface area contributed by atoms with E-state index in [2.05, 4.69) is 19.7 Å². The summed E-state index contributed by atoms with van der Waals surface area (Å²) in [6, 6.07) is 10.9. The standard InChI is InChI=1S/C17H15N5O3S/c1-25-15-6-5-12(14-10-22-7-3-2-4-16(22)20-14)8-13(15)21-26(23,24)17-9-18-11-19-17/h2-11,21H,1H3,(H,18,19). The van der Waals surface area contributed by atoms with Crippen LogP contribution in [0.25, 0.3) is 16.9 Å². The van der Waals surface area contributed by atoms with Crippen LogP contribution >= 0.6 is 0 Å². The van der Waals surface area contributed by atoms with Gasteiger partial charge in [0.1, 0.15) is 11.4 Å². The fourth-order valence-electron chi connectivity index (χ4n) is 2.61. The van der Waals surface area contributed by atoms with Gasteiger partial charge >= 0.3 is 0 Å². The Labute approximate surface area is 149 Å². The summed E-state index contributed by atoms with van der Waals surface area (Å²) >= 11 is 0. The number of anilines is 1. The Balaban J connectivity index is 1.76. The first kappa shape index (κ1) is 16.2. The second-order valence-corrected chi connectivity index (χ2v) is 7.18. The highest BCUT2D eigenvalue weighted by molar-refractivity contribution is 7.92. The van der Waals surface area contributed by atoms with Crippen molar-refractivity contribution < 1.29 is 13.2 Å². The number of nitrogens with one attached hydrogen (secondary N) is 2. The van der Waals surface area contributed by atoms with Crippen molar-refractivity contribution in [1.82, 2.24) is 19.4 Å². The lowest BCUT2D eigenvalue weighted by molar-refractivity contribution is 0.417. The van der Waals surface area contributed by atoms with Gasteiger partial charge in [0.2, 0.25) is 0 Å². The number of H-pyrrole nitrogens is 1. The van der Waals surface area contributed by atoms with Gasteiger partial charge in [-0.15, -0.1) is 0 Å². The first-order valence-electron chi connectivity index (χ1n) is 7.70. The lowest BCUT2D eigenvalue weighted by atomic mass is 10.1. The lowest BCUT2D eigenvalue weighted by Crippen LogP contribution is -2.14. The van der Waals surface area contributed by atoms with Crippen molar-refractivity contribution in [3.8, 4) is 17.0 Å². The molecule has 0 atom stereocenters. The maximum absolute atomic E-state index is 12.5. The average Bonchev–Trinajstić information content (AvgIpc) is 3.31. The highest BCUT2D eigenvalue weighted by Crippen LogP contribution is 2.31. The monoisotopic (exact) mass is 369 g/mol. The van der Waals surface area contributed by atoms with Gasteiger partial charge in [-0.2, -0.15) is 8.42 Å². The fraction of sp³-hybridized carbons (Fsp3) is 0.0588. The third kappa shape index (κ3) is 2.88. The van der Waals surface area contributed by atoms with E-state index < -0.39 is 10.0 Å². The number of benzene rings is 1. The topological polar surface area (TPSA) is 101 Å². The number of nitrogens with zero attached hydrogens (tertiary/aromatic N) is 3. The minimum absolute atomic E-state index is 0.0299. The van der Waals surface area contributed by atoms with Crippen LogP contribution in [-0.4, -0.2) is 34.9 Å². The molecule has 9 heteroatoms. The second kappa shape index (κ2) is 6.19. The number of fused-ring (bicyclic) bond motifs is 1. The molecule has 3 heterocycles. The molecule has 3 aromatic heterocycles. The molecule has 0 saturated carbocycles. The Morgan fingerprint density at radius 3 is 2.85 bits per heavy atom. The molecule has 0 aliphatic carbocycles. The Morgan fingerprint density at radius 1 is 1.23 bits per heavy atom. The number of aromatic nitrogens is 4. The molecule has 0 aliphatic heterocycles. The van der Waals surface area contributed by atoms with Crippen LogP contribution in [0.5, 0.6) is 5.75 Å². The third-order valence-corrected chi connectivity index (χ3v) is 5.16. The summed E-state index contributed by atoms with van der Waals surface area (Å²) < 4.78 is 34.6. The SMILES string of the molecule is COc1ccc(-c2cn3ccccc3n2)cc1NS(=O)(=O)c1cnc[nH]1. The van der Waals surface area contributed by atoms with E-state index >= 15 is 0 Å². The molecule has 4 aromatic rings. The zero-order valence-corrected chi connectivity index (χ0v) is 14.6. The summed E-state index contributed by atoms with van der Waals surface area (Å²) in [6.45, 7) is 0. The molecule has 0 radical (unpaired) electrons. The van der Waals surface area contributed by atoms with Crippen molar-refractivity contribution in [2.75, 3.05) is 11.8 Å². The van der Waals surface area contributed by atoms with Crippen molar-refractivity contribution in [3.63, 3.8) is 0 Å². The average molecular weight is 369 g/mol. The Bertz CT molecular complexity index is 1130. The van der Waals surface area contributed by atoms with Crippen LogP contribution in [-0.2, 0) is 10.0 Å². The van der Waals surface area contributed by atoms with Crippen LogP contribution in [0, 0.1) is 0 Å². The molecule has 0 fully saturated rings. The zero-order chi connectivity index (χ0) is 18.1. The second-order valence-electron chi connectivity index (χ2n) is 5.53. The first-order valence-corrected chi connectivity index (χ1v) is 9.18. The van der Waals surface area contributed by atoms with Crippen LogP contribution in [0.15, 0.2) is 66.3 Å². The van der Waals surface area contributed by atoms with Crippen molar-refractivity contribution in [1.29, 1.82) is 0 Å². The van der Waals surface area contributed by atoms with Gasteiger partial charge in [-0.05, 0) is 30.3 Å². The molecule has 0 bridgehead atoms. The maximum Gasteiger partial charge on any atom is 0.279 e. The molecule has 1 aromatic carbocycles. The molecular formula is C17H15N5O3S. The van der Waals surface area contributed by atoms with Gasteiger partial charge in [0.15, 0.2) is 5.03 Å². The molecule has 0 aliphatic rings. The van der Waals surface area contributed by atoms with Crippen LogP contribution in [0.4, 0.5) is 5.69 Å². The van der Waals surface area contributed by atoms with E-state index in [9.17, 15) is 8.42 Å². The van der Waals surface area contributed by atoms with E-state index in [0.29, 0.717) is 11.4 Å².